The first-order valence-electron chi connectivity index (χ1n) is 17.6. The lowest BCUT2D eigenvalue weighted by atomic mass is 10.1. The Morgan fingerprint density at radius 3 is 1.33 bits per heavy atom. The van der Waals surface area contributed by atoms with Crippen molar-refractivity contribution in [1.82, 2.24) is 4.98 Å². The molecule has 0 aliphatic rings. The fraction of sp³-hybridized carbons (Fsp3) is 0.286. The minimum absolute atomic E-state index is 0.231. The predicted molar refractivity (Wildman–Crippen MR) is 208 cm³/mol. The maximum atomic E-state index is 11.2. The molecule has 0 radical (unpaired) electrons. The molecule has 0 saturated carbocycles. The molecular weight excluding hydrogens is 688 g/mol. The average Bonchev–Trinajstić information content (AvgIpc) is 3.15. The maximum absolute atomic E-state index is 11.2. The highest BCUT2D eigenvalue weighted by atomic mass is 16.5. The van der Waals surface area contributed by atoms with Crippen molar-refractivity contribution in [3.8, 4) is 11.4 Å². The largest absolute Gasteiger partial charge is 0.464 e. The van der Waals surface area contributed by atoms with Crippen LogP contribution in [0.5, 0.6) is 0 Å². The van der Waals surface area contributed by atoms with E-state index in [-0.39, 0.29) is 50.3 Å². The topological polar surface area (TPSA) is 139 Å². The molecular formula is C42H47N4O8+. The molecule has 0 aliphatic heterocycles. The molecule has 0 fully saturated rings. The van der Waals surface area contributed by atoms with Crippen LogP contribution in [-0.4, -0.2) is 81.5 Å². The van der Waals surface area contributed by atoms with Crippen molar-refractivity contribution in [3.63, 3.8) is 0 Å². The first kappa shape index (κ1) is 40.5. The van der Waals surface area contributed by atoms with Crippen LogP contribution in [0.15, 0.2) is 85.2 Å². The predicted octanol–water partition coefficient (Wildman–Crippen LogP) is 5.77. The molecule has 282 valence electrons. The lowest BCUT2D eigenvalue weighted by molar-refractivity contribution is -0.364. The molecule has 54 heavy (non-hydrogen) atoms. The molecule has 0 amide bonds. The summed E-state index contributed by atoms with van der Waals surface area (Å²) >= 11 is 0. The lowest BCUT2D eigenvalue weighted by Gasteiger charge is -2.24. The fourth-order valence-electron chi connectivity index (χ4n) is 5.35. The number of rotatable bonds is 19. The third-order valence-corrected chi connectivity index (χ3v) is 8.00. The number of ether oxygens (including phenoxy) is 4. The van der Waals surface area contributed by atoms with Crippen LogP contribution in [0.2, 0.25) is 0 Å². The summed E-state index contributed by atoms with van der Waals surface area (Å²) < 4.78 is 20.5. The van der Waals surface area contributed by atoms with Crippen LogP contribution in [0.25, 0.3) is 35.7 Å². The van der Waals surface area contributed by atoms with E-state index in [1.165, 1.54) is 27.7 Å². The number of esters is 4. The van der Waals surface area contributed by atoms with Gasteiger partial charge in [-0.3, -0.25) is 19.2 Å². The van der Waals surface area contributed by atoms with Crippen LogP contribution >= 0.6 is 0 Å². The smallest absolute Gasteiger partial charge is 0.302 e. The van der Waals surface area contributed by atoms with Gasteiger partial charge in [0.15, 0.2) is 6.20 Å². The van der Waals surface area contributed by atoms with Crippen LogP contribution in [-0.2, 0) is 38.1 Å². The van der Waals surface area contributed by atoms with E-state index in [0.29, 0.717) is 26.2 Å². The number of H-pyrrole nitrogens is 1. The van der Waals surface area contributed by atoms with Crippen LogP contribution in [0.4, 0.5) is 11.4 Å². The minimum atomic E-state index is -0.341. The molecule has 4 aromatic rings. The molecule has 2 heterocycles. The van der Waals surface area contributed by atoms with Gasteiger partial charge in [0.1, 0.15) is 32.1 Å². The van der Waals surface area contributed by atoms with E-state index < -0.39 is 0 Å². The molecule has 0 atom stereocenters. The van der Waals surface area contributed by atoms with Crippen molar-refractivity contribution < 1.29 is 43.1 Å². The quantitative estimate of drug-likeness (QED) is 0.0857. The van der Waals surface area contributed by atoms with Gasteiger partial charge >= 0.3 is 23.9 Å². The number of carbonyl (C=O) groups is 4. The van der Waals surface area contributed by atoms with E-state index in [2.05, 4.69) is 9.97 Å². The van der Waals surface area contributed by atoms with Crippen molar-refractivity contribution >= 4 is 59.6 Å². The maximum Gasteiger partial charge on any atom is 0.302 e. The Bertz CT molecular complexity index is 1730. The van der Waals surface area contributed by atoms with Crippen LogP contribution in [0, 0.1) is 0 Å². The third-order valence-electron chi connectivity index (χ3n) is 8.00. The fourth-order valence-corrected chi connectivity index (χ4v) is 5.35. The van der Waals surface area contributed by atoms with Gasteiger partial charge in [0, 0.05) is 57.4 Å². The number of hydrogen-bond acceptors (Lipinski definition) is 11. The van der Waals surface area contributed by atoms with Crippen molar-refractivity contribution in [3.05, 3.63) is 107 Å². The third kappa shape index (κ3) is 14.4. The van der Waals surface area contributed by atoms with Crippen molar-refractivity contribution in [2.45, 2.75) is 27.7 Å². The molecule has 0 aliphatic carbocycles. The van der Waals surface area contributed by atoms with Crippen LogP contribution < -0.4 is 14.8 Å². The number of pyridine rings is 2. The standard InChI is InChI=1S/C42H46N4O8/c1-31(47)51-25-21-45(22-26-52-32(2)48)39-13-9-35(10-14-39)5-7-37-17-19-43-41(29-37)42-30-38(18-20-44-42)8-6-36-11-15-40(16-12-36)46(23-27-53-33(3)49)24-28-54-34(4)50/h5-20,29-30H,21-28H2,1-4H3/p+1/b7-5+,8-6+. The van der Waals surface area contributed by atoms with Gasteiger partial charge in [-0.2, -0.15) is 0 Å². The van der Waals surface area contributed by atoms with E-state index in [9.17, 15) is 19.2 Å². The Labute approximate surface area is 316 Å². The highest BCUT2D eigenvalue weighted by molar-refractivity contribution is 5.74. The second kappa shape index (κ2) is 21.3. The van der Waals surface area contributed by atoms with Crippen molar-refractivity contribution in [1.29, 1.82) is 0 Å². The Morgan fingerprint density at radius 2 is 0.926 bits per heavy atom. The van der Waals surface area contributed by atoms with Gasteiger partial charge in [0.25, 0.3) is 0 Å². The van der Waals surface area contributed by atoms with E-state index in [1.807, 2.05) is 113 Å². The Balaban J connectivity index is 1.40. The number of anilines is 2. The second-order valence-electron chi connectivity index (χ2n) is 12.2. The summed E-state index contributed by atoms with van der Waals surface area (Å²) in [6, 6.07) is 23.9. The number of benzene rings is 2. The molecule has 12 nitrogen and oxygen atoms in total. The van der Waals surface area contributed by atoms with E-state index >= 15 is 0 Å². The number of aromatic nitrogens is 2. The molecule has 0 bridgehead atoms. The molecule has 0 saturated heterocycles. The summed E-state index contributed by atoms with van der Waals surface area (Å²) in [5.74, 6) is -1.36. The number of nitrogens with zero attached hydrogens (tertiary/aromatic N) is 3. The molecule has 1 N–H and O–H groups in total. The van der Waals surface area contributed by atoms with Crippen molar-refractivity contribution in [2.75, 3.05) is 62.4 Å². The normalized spacial score (nSPS) is 11.0. The summed E-state index contributed by atoms with van der Waals surface area (Å²) in [6.07, 6.45) is 11.8. The van der Waals surface area contributed by atoms with Gasteiger partial charge in [0.2, 0.25) is 5.69 Å². The van der Waals surface area contributed by atoms with Gasteiger partial charge in [-0.15, -0.1) is 0 Å². The van der Waals surface area contributed by atoms with E-state index in [4.69, 9.17) is 18.9 Å². The number of hydrogen-bond donors (Lipinski definition) is 0. The second-order valence-corrected chi connectivity index (χ2v) is 12.2. The monoisotopic (exact) mass is 735 g/mol. The number of nitrogens with one attached hydrogen (secondary N) is 1. The Hall–Kier alpha value is -6.30. The Morgan fingerprint density at radius 1 is 0.537 bits per heavy atom. The van der Waals surface area contributed by atoms with Crippen LogP contribution in [0.1, 0.15) is 49.9 Å². The summed E-state index contributed by atoms with van der Waals surface area (Å²) in [4.78, 5) is 56.9. The van der Waals surface area contributed by atoms with Gasteiger partial charge in [-0.05, 0) is 58.7 Å². The summed E-state index contributed by atoms with van der Waals surface area (Å²) in [7, 11) is 0. The zero-order valence-corrected chi connectivity index (χ0v) is 31.2. The molecule has 2 aromatic heterocycles. The molecule has 12 heteroatoms. The molecule has 0 unspecified atom stereocenters. The van der Waals surface area contributed by atoms with Crippen LogP contribution in [0.3, 0.4) is 0 Å². The van der Waals surface area contributed by atoms with Gasteiger partial charge in [0.05, 0.1) is 26.2 Å². The van der Waals surface area contributed by atoms with E-state index in [0.717, 1.165) is 45.0 Å². The summed E-state index contributed by atoms with van der Waals surface area (Å²) in [6.45, 7) is 8.31. The molecule has 4 rings (SSSR count). The SMILES string of the molecule is CC(=O)OCCN(CCOC(C)=O)c1ccc(/C=C/c2ccnc(-c3cc(/C=C/c4ccc(N(CCOC(C)=O)CCOC(C)=O)cc4)cc[nH+]3)c2)cc1. The van der Waals surface area contributed by atoms with Gasteiger partial charge < -0.3 is 28.7 Å². The first-order valence-corrected chi connectivity index (χ1v) is 17.6. The lowest BCUT2D eigenvalue weighted by Crippen LogP contribution is -2.31. The van der Waals surface area contributed by atoms with Gasteiger partial charge in [-0.25, -0.2) is 9.97 Å². The number of aromatic amines is 1. The average molecular weight is 736 g/mol. The summed E-state index contributed by atoms with van der Waals surface area (Å²) in [5, 5.41) is 0. The molecule has 2 aromatic carbocycles. The zero-order chi connectivity index (χ0) is 38.7. The summed E-state index contributed by atoms with van der Waals surface area (Å²) in [5.41, 5.74) is 7.49. The number of carbonyl (C=O) groups excluding carboxylic acids is 4. The highest BCUT2D eigenvalue weighted by Crippen LogP contribution is 2.21. The first-order chi connectivity index (χ1) is 26.0. The zero-order valence-electron chi connectivity index (χ0n) is 31.2. The van der Waals surface area contributed by atoms with Crippen molar-refractivity contribution in [2.24, 2.45) is 0 Å². The van der Waals surface area contributed by atoms with E-state index in [1.54, 1.807) is 6.20 Å². The Kier molecular flexibility index (Phi) is 15.9. The molecule has 0 spiro atoms. The van der Waals surface area contributed by atoms with Gasteiger partial charge in [-0.1, -0.05) is 48.6 Å². The minimum Gasteiger partial charge on any atom is -0.464 e. The highest BCUT2D eigenvalue weighted by Gasteiger charge is 2.11.